The number of pyridine rings is 1. The van der Waals surface area contributed by atoms with Crippen LogP contribution in [0.1, 0.15) is 32.1 Å². The fourth-order valence-corrected chi connectivity index (χ4v) is 2.33. The summed E-state index contributed by atoms with van der Waals surface area (Å²) in [6.45, 7) is 0.421. The molecule has 0 aromatic carbocycles. The third kappa shape index (κ3) is 4.33. The molecule has 1 aromatic rings. The summed E-state index contributed by atoms with van der Waals surface area (Å²) in [6, 6.07) is 2.21. The second-order valence-corrected chi connectivity index (χ2v) is 5.02. The van der Waals surface area contributed by atoms with Gasteiger partial charge in [-0.2, -0.15) is 0 Å². The number of carbonyl (C=O) groups excluding carboxylic acids is 1. The highest BCUT2D eigenvalue weighted by Gasteiger charge is 2.07. The van der Waals surface area contributed by atoms with Crippen LogP contribution in [0.2, 0.25) is 0 Å². The molecular weight excluding hydrogens is 259 g/mol. The Hall–Kier alpha value is -1.91. The van der Waals surface area contributed by atoms with Gasteiger partial charge in [0, 0.05) is 18.8 Å². The number of nitrogens with zero attached hydrogens (tertiary/aromatic N) is 1. The highest BCUT2D eigenvalue weighted by Crippen LogP contribution is 2.19. The lowest BCUT2D eigenvalue weighted by atomic mass is 9.97. The molecule has 0 saturated heterocycles. The lowest BCUT2D eigenvalue weighted by molar-refractivity contribution is -0.121. The molecule has 0 unspecified atom stereocenters. The van der Waals surface area contributed by atoms with Gasteiger partial charge in [0.15, 0.2) is 0 Å². The molecule has 0 fully saturated rings. The largest absolute Gasteiger partial charge is 0.354 e. The predicted octanol–water partition coefficient (Wildman–Crippen LogP) is 1.99. The van der Waals surface area contributed by atoms with E-state index in [2.05, 4.69) is 11.4 Å². The molecule has 0 atom stereocenters. The molecule has 5 heteroatoms. The van der Waals surface area contributed by atoms with Crippen molar-refractivity contribution >= 4 is 5.91 Å². The van der Waals surface area contributed by atoms with Crippen molar-refractivity contribution in [1.82, 2.24) is 9.88 Å². The van der Waals surface area contributed by atoms with Crippen molar-refractivity contribution in [2.24, 2.45) is 0 Å². The number of halogens is 1. The average molecular weight is 278 g/mol. The Morgan fingerprint density at radius 1 is 1.35 bits per heavy atom. The lowest BCUT2D eigenvalue weighted by Crippen LogP contribution is -2.32. The molecule has 0 saturated carbocycles. The Morgan fingerprint density at radius 2 is 2.20 bits per heavy atom. The van der Waals surface area contributed by atoms with E-state index in [1.165, 1.54) is 18.4 Å². The maximum Gasteiger partial charge on any atom is 0.251 e. The topological polar surface area (TPSA) is 51.1 Å². The molecule has 1 aromatic heterocycles. The zero-order chi connectivity index (χ0) is 14.4. The van der Waals surface area contributed by atoms with Gasteiger partial charge in [-0.3, -0.25) is 9.59 Å². The van der Waals surface area contributed by atoms with Gasteiger partial charge in [0.05, 0.1) is 0 Å². The SMILES string of the molecule is O=C(Cn1cc(F)ccc1=O)NCCC1=CCCCC1. The van der Waals surface area contributed by atoms with Crippen molar-refractivity contribution < 1.29 is 9.18 Å². The van der Waals surface area contributed by atoms with Crippen LogP contribution in [-0.4, -0.2) is 17.0 Å². The van der Waals surface area contributed by atoms with Crippen molar-refractivity contribution in [2.75, 3.05) is 6.54 Å². The van der Waals surface area contributed by atoms with Crippen LogP contribution >= 0.6 is 0 Å². The summed E-state index contributed by atoms with van der Waals surface area (Å²) in [6.07, 6.45) is 8.85. The molecule has 0 radical (unpaired) electrons. The maximum atomic E-state index is 13.0. The molecule has 1 aliphatic rings. The number of rotatable bonds is 5. The summed E-state index contributed by atoms with van der Waals surface area (Å²) in [5.74, 6) is -0.793. The molecule has 1 N–H and O–H groups in total. The molecule has 108 valence electrons. The van der Waals surface area contributed by atoms with Crippen LogP contribution in [0, 0.1) is 5.82 Å². The van der Waals surface area contributed by atoms with E-state index in [-0.39, 0.29) is 18.0 Å². The Kier molecular flexibility index (Phi) is 5.09. The second-order valence-electron chi connectivity index (χ2n) is 5.02. The minimum atomic E-state index is -0.523. The van der Waals surface area contributed by atoms with E-state index in [1.54, 1.807) is 0 Å². The number of hydrogen-bond donors (Lipinski definition) is 1. The van der Waals surface area contributed by atoms with E-state index in [9.17, 15) is 14.0 Å². The van der Waals surface area contributed by atoms with Crippen molar-refractivity contribution in [3.05, 3.63) is 46.1 Å². The number of aromatic nitrogens is 1. The van der Waals surface area contributed by atoms with Crippen molar-refractivity contribution in [2.45, 2.75) is 38.6 Å². The molecule has 4 nitrogen and oxygen atoms in total. The first-order valence-corrected chi connectivity index (χ1v) is 6.96. The summed E-state index contributed by atoms with van der Waals surface area (Å²) in [7, 11) is 0. The Labute approximate surface area is 117 Å². The minimum absolute atomic E-state index is 0.143. The quantitative estimate of drug-likeness (QED) is 0.837. The van der Waals surface area contributed by atoms with Gasteiger partial charge in [-0.25, -0.2) is 4.39 Å². The van der Waals surface area contributed by atoms with E-state index < -0.39 is 5.82 Å². The normalized spacial score (nSPS) is 14.8. The second kappa shape index (κ2) is 7.03. The van der Waals surface area contributed by atoms with Gasteiger partial charge in [-0.15, -0.1) is 0 Å². The van der Waals surface area contributed by atoms with Crippen LogP contribution in [0.3, 0.4) is 0 Å². The van der Waals surface area contributed by atoms with E-state index >= 15 is 0 Å². The fraction of sp³-hybridized carbons (Fsp3) is 0.467. The van der Waals surface area contributed by atoms with Gasteiger partial charge in [0.1, 0.15) is 12.4 Å². The van der Waals surface area contributed by atoms with Crippen LogP contribution in [-0.2, 0) is 11.3 Å². The number of allylic oxidation sites excluding steroid dienone is 1. The summed E-state index contributed by atoms with van der Waals surface area (Å²) in [5, 5.41) is 2.76. The van der Waals surface area contributed by atoms with Crippen LogP contribution in [0.5, 0.6) is 0 Å². The van der Waals surface area contributed by atoms with E-state index in [0.29, 0.717) is 6.54 Å². The summed E-state index contributed by atoms with van der Waals surface area (Å²) < 4.78 is 14.1. The van der Waals surface area contributed by atoms with Gasteiger partial charge in [0.2, 0.25) is 5.91 Å². The standard InChI is InChI=1S/C15H19FN2O2/c16-13-6-7-15(20)18(10-13)11-14(19)17-9-8-12-4-2-1-3-5-12/h4,6-7,10H,1-3,5,8-9,11H2,(H,17,19). The van der Waals surface area contributed by atoms with E-state index in [1.807, 2.05) is 0 Å². The third-order valence-corrected chi connectivity index (χ3v) is 3.41. The molecule has 0 bridgehead atoms. The number of hydrogen-bond acceptors (Lipinski definition) is 2. The van der Waals surface area contributed by atoms with Crippen molar-refractivity contribution in [1.29, 1.82) is 0 Å². The molecular formula is C15H19FN2O2. The molecule has 0 aliphatic heterocycles. The molecule has 20 heavy (non-hydrogen) atoms. The third-order valence-electron chi connectivity index (χ3n) is 3.41. The summed E-state index contributed by atoms with van der Waals surface area (Å²) >= 11 is 0. The van der Waals surface area contributed by atoms with Crippen molar-refractivity contribution in [3.63, 3.8) is 0 Å². The number of nitrogens with one attached hydrogen (secondary N) is 1. The average Bonchev–Trinajstić information content (AvgIpc) is 2.44. The zero-order valence-electron chi connectivity index (χ0n) is 11.4. The van der Waals surface area contributed by atoms with E-state index in [4.69, 9.17) is 0 Å². The first kappa shape index (κ1) is 14.5. The summed E-state index contributed by atoms with van der Waals surface area (Å²) in [5.41, 5.74) is 1.01. The lowest BCUT2D eigenvalue weighted by Gasteiger charge is -2.13. The zero-order valence-corrected chi connectivity index (χ0v) is 11.4. The highest BCUT2D eigenvalue weighted by molar-refractivity contribution is 5.75. The van der Waals surface area contributed by atoms with Crippen LogP contribution in [0.15, 0.2) is 34.8 Å². The number of amides is 1. The van der Waals surface area contributed by atoms with Gasteiger partial charge in [0.25, 0.3) is 5.56 Å². The smallest absolute Gasteiger partial charge is 0.251 e. The predicted molar refractivity (Wildman–Crippen MR) is 74.8 cm³/mol. The van der Waals surface area contributed by atoms with Gasteiger partial charge in [-0.05, 0) is 38.2 Å². The summed E-state index contributed by atoms with van der Waals surface area (Å²) in [4.78, 5) is 23.1. The van der Waals surface area contributed by atoms with Crippen LogP contribution in [0.4, 0.5) is 4.39 Å². The monoisotopic (exact) mass is 278 g/mol. The fourth-order valence-electron chi connectivity index (χ4n) is 2.33. The Morgan fingerprint density at radius 3 is 2.95 bits per heavy atom. The number of carbonyl (C=O) groups is 1. The van der Waals surface area contributed by atoms with Gasteiger partial charge < -0.3 is 9.88 Å². The maximum absolute atomic E-state index is 13.0. The van der Waals surface area contributed by atoms with E-state index in [0.717, 1.165) is 42.2 Å². The molecule has 1 amide bonds. The van der Waals surface area contributed by atoms with Gasteiger partial charge in [-0.1, -0.05) is 11.6 Å². The highest BCUT2D eigenvalue weighted by atomic mass is 19.1. The molecule has 1 heterocycles. The van der Waals surface area contributed by atoms with Crippen LogP contribution in [0.25, 0.3) is 0 Å². The first-order chi connectivity index (χ1) is 9.65. The first-order valence-electron chi connectivity index (χ1n) is 6.96. The van der Waals surface area contributed by atoms with Crippen molar-refractivity contribution in [3.8, 4) is 0 Å². The van der Waals surface area contributed by atoms with Crippen LogP contribution < -0.4 is 10.9 Å². The Balaban J connectivity index is 1.79. The molecule has 2 rings (SSSR count). The molecule has 0 spiro atoms. The Bertz CT molecular complexity index is 563. The minimum Gasteiger partial charge on any atom is -0.354 e. The van der Waals surface area contributed by atoms with Gasteiger partial charge >= 0.3 is 0 Å². The molecule has 1 aliphatic carbocycles.